The summed E-state index contributed by atoms with van der Waals surface area (Å²) in [5.74, 6) is -21.8. The first-order valence-electron chi connectivity index (χ1n) is 3.79. The van der Waals surface area contributed by atoms with E-state index in [4.69, 9.17) is 0 Å². The summed E-state index contributed by atoms with van der Waals surface area (Å²) in [6.45, 7) is 0. The van der Waals surface area contributed by atoms with Crippen LogP contribution in [-0.2, 0) is 0 Å². The molecule has 1 unspecified atom stereocenters. The van der Waals surface area contributed by atoms with Crippen LogP contribution in [0.4, 0.5) is 35.1 Å². The van der Waals surface area contributed by atoms with Crippen LogP contribution in [0.5, 0.6) is 0 Å². The molecule has 1 aliphatic carbocycles. The van der Waals surface area contributed by atoms with Crippen LogP contribution >= 0.6 is 15.9 Å². The smallest absolute Gasteiger partial charge is 0.258 e. The second-order valence-corrected chi connectivity index (χ2v) is 4.31. The van der Waals surface area contributed by atoms with Crippen molar-refractivity contribution in [2.75, 3.05) is 0 Å². The molecule has 3 nitrogen and oxygen atoms in total. The van der Waals surface area contributed by atoms with Gasteiger partial charge in [0.05, 0.1) is 4.92 Å². The van der Waals surface area contributed by atoms with Gasteiger partial charge in [-0.25, -0.2) is 4.39 Å². The van der Waals surface area contributed by atoms with Gasteiger partial charge in [0.1, 0.15) is 0 Å². The van der Waals surface area contributed by atoms with Gasteiger partial charge in [-0.3, -0.25) is 10.1 Å². The van der Waals surface area contributed by atoms with Crippen LogP contribution in [0.25, 0.3) is 0 Å². The number of alkyl halides is 8. The first-order valence-corrected chi connectivity index (χ1v) is 4.58. The van der Waals surface area contributed by atoms with Crippen molar-refractivity contribution in [3.05, 3.63) is 21.6 Å². The normalized spacial score (nSPS) is 33.4. The maximum absolute atomic E-state index is 13.1. The van der Waals surface area contributed by atoms with E-state index in [1.807, 2.05) is 0 Å². The number of halogens is 9. The number of allylic oxidation sites excluding steroid dienone is 2. The first kappa shape index (κ1) is 15.1. The molecule has 0 aromatic carbocycles. The van der Waals surface area contributed by atoms with E-state index in [0.29, 0.717) is 0 Å². The summed E-state index contributed by atoms with van der Waals surface area (Å²) < 4.78 is 97.5. The van der Waals surface area contributed by atoms with Crippen LogP contribution in [0.15, 0.2) is 11.5 Å². The van der Waals surface area contributed by atoms with E-state index in [1.54, 1.807) is 0 Å². The Balaban J connectivity index is 3.79. The molecular weight excluding hydrogens is 350 g/mol. The van der Waals surface area contributed by atoms with Gasteiger partial charge in [-0.05, 0) is 15.9 Å². The second-order valence-electron chi connectivity index (χ2n) is 3.22. The van der Waals surface area contributed by atoms with Gasteiger partial charge < -0.3 is 0 Å². The highest BCUT2D eigenvalue weighted by Gasteiger charge is 2.88. The zero-order valence-corrected chi connectivity index (χ0v) is 9.25. The molecule has 0 aromatic rings. The molecule has 0 spiro atoms. The van der Waals surface area contributed by atoms with Gasteiger partial charge >= 0.3 is 28.0 Å². The highest BCUT2D eigenvalue weighted by atomic mass is 79.9. The number of nitrogens with zero attached hydrogens (tertiary/aromatic N) is 1. The monoisotopic (exact) mass is 349 g/mol. The lowest BCUT2D eigenvalue weighted by Crippen LogP contribution is -2.66. The van der Waals surface area contributed by atoms with Crippen LogP contribution in [0, 0.1) is 10.1 Å². The molecule has 18 heavy (non-hydrogen) atoms. The Morgan fingerprint density at radius 3 is 1.72 bits per heavy atom. The Kier molecular flexibility index (Phi) is 2.98. The van der Waals surface area contributed by atoms with Gasteiger partial charge in [0.15, 0.2) is 0 Å². The molecule has 0 fully saturated rings. The van der Waals surface area contributed by atoms with E-state index in [9.17, 15) is 45.2 Å². The topological polar surface area (TPSA) is 43.1 Å². The van der Waals surface area contributed by atoms with E-state index < -0.39 is 38.8 Å². The first-order chi connectivity index (χ1) is 7.73. The molecule has 12 heteroatoms. The largest absolute Gasteiger partial charge is 0.388 e. The summed E-state index contributed by atoms with van der Waals surface area (Å²) in [7, 11) is 0. The summed E-state index contributed by atoms with van der Waals surface area (Å²) >= 11 is 0.995. The predicted octanol–water partition coefficient (Wildman–Crippen LogP) is 3.42. The third kappa shape index (κ3) is 1.40. The van der Waals surface area contributed by atoms with Crippen LogP contribution in [0.1, 0.15) is 0 Å². The SMILES string of the molecule is O=[N+]([O-])C1=C(F)C(F)(F)C(F)(F)C(F)(Br)C1(F)F. The minimum atomic E-state index is -6.23. The Labute approximate surface area is 101 Å². The molecular formula is C6BrF8NO2. The van der Waals surface area contributed by atoms with Crippen LogP contribution < -0.4 is 0 Å². The molecule has 0 saturated carbocycles. The molecule has 104 valence electrons. The second kappa shape index (κ2) is 3.54. The zero-order valence-electron chi connectivity index (χ0n) is 7.67. The highest BCUT2D eigenvalue weighted by Crippen LogP contribution is 2.63. The predicted molar refractivity (Wildman–Crippen MR) is 42.7 cm³/mol. The Bertz CT molecular complexity index is 445. The molecule has 0 aliphatic heterocycles. The van der Waals surface area contributed by atoms with Crippen molar-refractivity contribution < 1.29 is 40.0 Å². The molecule has 0 amide bonds. The fourth-order valence-corrected chi connectivity index (χ4v) is 1.60. The quantitative estimate of drug-likeness (QED) is 0.315. The van der Waals surface area contributed by atoms with Gasteiger partial charge in [0.2, 0.25) is 0 Å². The van der Waals surface area contributed by atoms with E-state index in [0.717, 1.165) is 15.9 Å². The van der Waals surface area contributed by atoms with E-state index in [1.165, 1.54) is 0 Å². The number of nitro groups is 1. The van der Waals surface area contributed by atoms with Crippen LogP contribution in [-0.4, -0.2) is 27.3 Å². The van der Waals surface area contributed by atoms with E-state index >= 15 is 0 Å². The molecule has 0 saturated heterocycles. The van der Waals surface area contributed by atoms with Crippen molar-refractivity contribution in [2.24, 2.45) is 0 Å². The lowest BCUT2D eigenvalue weighted by molar-refractivity contribution is -0.468. The third-order valence-electron chi connectivity index (χ3n) is 2.15. The van der Waals surface area contributed by atoms with E-state index in [2.05, 4.69) is 0 Å². The summed E-state index contributed by atoms with van der Waals surface area (Å²) in [4.78, 5) is 7.65. The number of hydrogen-bond acceptors (Lipinski definition) is 2. The zero-order chi connectivity index (χ0) is 14.7. The molecule has 1 atom stereocenters. The summed E-state index contributed by atoms with van der Waals surface area (Å²) in [5.41, 5.74) is -3.25. The minimum absolute atomic E-state index is 0.995. The molecule has 0 N–H and O–H groups in total. The maximum Gasteiger partial charge on any atom is 0.388 e. The third-order valence-corrected chi connectivity index (χ3v) is 3.14. The fourth-order valence-electron chi connectivity index (χ4n) is 1.16. The standard InChI is InChI=1S/C6BrF8NO2/c7-5(13)4(11,12)2(16(17)18)1(8)3(9,10)6(5,14)15. The molecule has 1 aliphatic rings. The van der Waals surface area contributed by atoms with Crippen molar-refractivity contribution in [1.82, 2.24) is 0 Å². The van der Waals surface area contributed by atoms with Crippen molar-refractivity contribution in [3.63, 3.8) is 0 Å². The fraction of sp³-hybridized carbons (Fsp3) is 0.667. The van der Waals surface area contributed by atoms with Gasteiger partial charge in [-0.15, -0.1) is 0 Å². The van der Waals surface area contributed by atoms with Crippen molar-refractivity contribution in [1.29, 1.82) is 0 Å². The molecule has 1 rings (SSSR count). The van der Waals surface area contributed by atoms with Gasteiger partial charge in [-0.2, -0.15) is 30.7 Å². The maximum atomic E-state index is 13.1. The summed E-state index contributed by atoms with van der Waals surface area (Å²) in [6, 6.07) is 0. The summed E-state index contributed by atoms with van der Waals surface area (Å²) in [6.07, 6.45) is 0. The van der Waals surface area contributed by atoms with Gasteiger partial charge in [0, 0.05) is 0 Å². The van der Waals surface area contributed by atoms with Gasteiger partial charge in [-0.1, -0.05) is 0 Å². The molecule has 0 aromatic heterocycles. The molecule has 0 bridgehead atoms. The highest BCUT2D eigenvalue weighted by molar-refractivity contribution is 9.10. The van der Waals surface area contributed by atoms with Crippen LogP contribution in [0.2, 0.25) is 0 Å². The average Bonchev–Trinajstić information content (AvgIpc) is 2.14. The molecule has 0 heterocycles. The number of rotatable bonds is 1. The number of hydrogen-bond donors (Lipinski definition) is 0. The Morgan fingerprint density at radius 2 is 1.39 bits per heavy atom. The lowest BCUT2D eigenvalue weighted by Gasteiger charge is -2.39. The summed E-state index contributed by atoms with van der Waals surface area (Å²) in [5, 5.41) is 10.0. The Morgan fingerprint density at radius 1 is 1.00 bits per heavy atom. The Hall–Kier alpha value is -0.940. The van der Waals surface area contributed by atoms with Crippen LogP contribution in [0.3, 0.4) is 0 Å². The average molecular weight is 350 g/mol. The minimum Gasteiger partial charge on any atom is -0.258 e. The van der Waals surface area contributed by atoms with E-state index in [-0.39, 0.29) is 0 Å². The van der Waals surface area contributed by atoms with Crippen molar-refractivity contribution >= 4 is 15.9 Å². The molecule has 0 radical (unpaired) electrons. The van der Waals surface area contributed by atoms with Crippen molar-refractivity contribution in [2.45, 2.75) is 22.3 Å². The van der Waals surface area contributed by atoms with Crippen molar-refractivity contribution in [3.8, 4) is 0 Å². The van der Waals surface area contributed by atoms with Gasteiger partial charge in [0.25, 0.3) is 5.83 Å². The lowest BCUT2D eigenvalue weighted by atomic mass is 9.90.